The van der Waals surface area contributed by atoms with E-state index in [1.54, 1.807) is 6.92 Å². The molecule has 2 atom stereocenters. The molecule has 116 valence electrons. The first-order valence-electron chi connectivity index (χ1n) is 7.24. The number of hydrogen-bond donors (Lipinski definition) is 2. The van der Waals surface area contributed by atoms with Gasteiger partial charge in [-0.3, -0.25) is 10.1 Å². The number of amides is 2. The molecule has 0 spiro atoms. The summed E-state index contributed by atoms with van der Waals surface area (Å²) in [4.78, 5) is 23.0. The number of methoxy groups -OCH3 is 1. The first-order chi connectivity index (χ1) is 10.5. The molecule has 0 aliphatic rings. The van der Waals surface area contributed by atoms with E-state index in [1.165, 1.54) is 17.9 Å². The number of nitrogens with one attached hydrogen (secondary N) is 1. The van der Waals surface area contributed by atoms with E-state index < -0.39 is 12.1 Å². The van der Waals surface area contributed by atoms with Crippen LogP contribution in [0.1, 0.15) is 25.5 Å². The van der Waals surface area contributed by atoms with Crippen molar-refractivity contribution in [2.75, 3.05) is 7.11 Å². The predicted octanol–water partition coefficient (Wildman–Crippen LogP) is 1.74. The van der Waals surface area contributed by atoms with Gasteiger partial charge in [0.2, 0.25) is 0 Å². The van der Waals surface area contributed by atoms with Crippen molar-refractivity contribution >= 4 is 22.8 Å². The molecule has 0 heterocycles. The van der Waals surface area contributed by atoms with E-state index in [2.05, 4.69) is 34.3 Å². The first-order valence-corrected chi connectivity index (χ1v) is 7.24. The van der Waals surface area contributed by atoms with Gasteiger partial charge < -0.3 is 10.1 Å². The Hall–Kier alpha value is -2.40. The van der Waals surface area contributed by atoms with Gasteiger partial charge in [-0.1, -0.05) is 42.5 Å². The van der Waals surface area contributed by atoms with E-state index in [0.29, 0.717) is 0 Å². The fraction of sp³-hybridized carbons (Fsp3) is 0.294. The molecule has 5 nitrogen and oxygen atoms in total. The number of hydrogen-bond acceptors (Lipinski definition) is 3. The van der Waals surface area contributed by atoms with Crippen molar-refractivity contribution in [1.29, 1.82) is 0 Å². The normalized spacial score (nSPS) is 13.4. The Morgan fingerprint density at radius 2 is 1.77 bits per heavy atom. The first kappa shape index (κ1) is 16.0. The number of imide groups is 1. The van der Waals surface area contributed by atoms with Gasteiger partial charge in [0.15, 0.2) is 6.04 Å². The van der Waals surface area contributed by atoms with Gasteiger partial charge in [0, 0.05) is 5.56 Å². The van der Waals surface area contributed by atoms with Crippen molar-refractivity contribution in [2.24, 2.45) is 0 Å². The second-order valence-corrected chi connectivity index (χ2v) is 5.32. The van der Waals surface area contributed by atoms with Crippen LogP contribution < -0.4 is 10.6 Å². The maximum atomic E-state index is 11.9. The van der Waals surface area contributed by atoms with E-state index in [0.717, 1.165) is 5.56 Å². The monoisotopic (exact) mass is 301 g/mol. The summed E-state index contributed by atoms with van der Waals surface area (Å²) >= 11 is 0. The molecule has 0 aliphatic heterocycles. The van der Waals surface area contributed by atoms with Gasteiger partial charge in [-0.2, -0.15) is 0 Å². The summed E-state index contributed by atoms with van der Waals surface area (Å²) in [5, 5.41) is 6.47. The lowest BCUT2D eigenvalue weighted by Crippen LogP contribution is -2.92. The third-order valence-corrected chi connectivity index (χ3v) is 3.72. The highest BCUT2D eigenvalue weighted by Crippen LogP contribution is 2.22. The molecule has 2 aromatic rings. The van der Waals surface area contributed by atoms with Gasteiger partial charge in [-0.25, -0.2) is 4.79 Å². The van der Waals surface area contributed by atoms with Crippen LogP contribution in [0.4, 0.5) is 4.79 Å². The molecule has 0 fully saturated rings. The SMILES string of the molecule is COC(=O)NC(=O)[C@H](C)[NH2+][C@@H](C)c1cccc2ccccc12. The van der Waals surface area contributed by atoms with Crippen LogP contribution in [0.15, 0.2) is 42.5 Å². The van der Waals surface area contributed by atoms with Gasteiger partial charge in [-0.05, 0) is 24.6 Å². The molecule has 5 heteroatoms. The molecular weight excluding hydrogens is 280 g/mol. The van der Waals surface area contributed by atoms with Gasteiger partial charge in [0.25, 0.3) is 5.91 Å². The van der Waals surface area contributed by atoms with Crippen LogP contribution in [0.5, 0.6) is 0 Å². The molecular formula is C17H21N2O3+. The highest BCUT2D eigenvalue weighted by Gasteiger charge is 2.23. The lowest BCUT2D eigenvalue weighted by molar-refractivity contribution is -0.710. The molecule has 2 aromatic carbocycles. The molecule has 0 saturated heterocycles. The summed E-state index contributed by atoms with van der Waals surface area (Å²) in [6.45, 7) is 3.81. The van der Waals surface area contributed by atoms with E-state index in [1.807, 2.05) is 30.4 Å². The largest absolute Gasteiger partial charge is 0.453 e. The van der Waals surface area contributed by atoms with Gasteiger partial charge in [0.05, 0.1) is 7.11 Å². The number of alkyl carbamates (subject to hydrolysis) is 1. The van der Waals surface area contributed by atoms with Crippen molar-refractivity contribution in [3.8, 4) is 0 Å². The van der Waals surface area contributed by atoms with Crippen molar-refractivity contribution in [3.05, 3.63) is 48.0 Å². The maximum absolute atomic E-state index is 11.9. The number of benzene rings is 2. The fourth-order valence-corrected chi connectivity index (χ4v) is 2.54. The summed E-state index contributed by atoms with van der Waals surface area (Å²) in [7, 11) is 1.23. The smallest absolute Gasteiger partial charge is 0.413 e. The van der Waals surface area contributed by atoms with Crippen molar-refractivity contribution in [3.63, 3.8) is 0 Å². The van der Waals surface area contributed by atoms with E-state index in [-0.39, 0.29) is 11.9 Å². The van der Waals surface area contributed by atoms with Crippen LogP contribution >= 0.6 is 0 Å². The molecule has 3 N–H and O–H groups in total. The molecule has 0 radical (unpaired) electrons. The molecule has 0 unspecified atom stereocenters. The Kier molecular flexibility index (Phi) is 5.12. The Labute approximate surface area is 129 Å². The number of nitrogens with two attached hydrogens (primary N) is 1. The minimum absolute atomic E-state index is 0.0875. The zero-order chi connectivity index (χ0) is 16.1. The molecule has 2 amide bonds. The van der Waals surface area contributed by atoms with Crippen molar-refractivity contribution < 1.29 is 19.6 Å². The summed E-state index contributed by atoms with van der Waals surface area (Å²) < 4.78 is 4.43. The average Bonchev–Trinajstić information content (AvgIpc) is 2.53. The van der Waals surface area contributed by atoms with Crippen molar-refractivity contribution in [2.45, 2.75) is 25.9 Å². The minimum atomic E-state index is -0.733. The zero-order valence-electron chi connectivity index (χ0n) is 13.0. The second kappa shape index (κ2) is 7.04. The number of carbonyl (C=O) groups excluding carboxylic acids is 2. The number of ether oxygens (including phenoxy) is 1. The standard InChI is InChI=1S/C17H20N2O3/c1-11(18-12(2)16(20)19-17(21)22-3)14-10-6-8-13-7-4-5-9-15(13)14/h4-12,18H,1-3H3,(H,19,20,21)/p+1/t11-,12-/m0/s1. The van der Waals surface area contributed by atoms with Gasteiger partial charge in [0.1, 0.15) is 6.04 Å². The zero-order valence-corrected chi connectivity index (χ0v) is 13.0. The summed E-state index contributed by atoms with van der Waals surface area (Å²) in [5.41, 5.74) is 1.16. The Balaban J connectivity index is 2.12. The minimum Gasteiger partial charge on any atom is -0.453 e. The van der Waals surface area contributed by atoms with Gasteiger partial charge >= 0.3 is 6.09 Å². The summed E-state index contributed by atoms with van der Waals surface area (Å²) in [6.07, 6.45) is -0.733. The van der Waals surface area contributed by atoms with Gasteiger partial charge in [-0.15, -0.1) is 0 Å². The number of fused-ring (bicyclic) bond motifs is 1. The Bertz CT molecular complexity index is 679. The van der Waals surface area contributed by atoms with E-state index >= 15 is 0 Å². The summed E-state index contributed by atoms with van der Waals surface area (Å²) in [5.74, 6) is -0.362. The summed E-state index contributed by atoms with van der Waals surface area (Å²) in [6, 6.07) is 14.0. The molecule has 0 saturated carbocycles. The lowest BCUT2D eigenvalue weighted by atomic mass is 9.99. The third kappa shape index (κ3) is 3.62. The topological polar surface area (TPSA) is 72.0 Å². The number of rotatable bonds is 4. The molecule has 2 rings (SSSR count). The third-order valence-electron chi connectivity index (χ3n) is 3.72. The predicted molar refractivity (Wildman–Crippen MR) is 84.3 cm³/mol. The average molecular weight is 301 g/mol. The van der Waals surface area contributed by atoms with Crippen LogP contribution in [0.2, 0.25) is 0 Å². The van der Waals surface area contributed by atoms with Crippen LogP contribution in [0.25, 0.3) is 10.8 Å². The lowest BCUT2D eigenvalue weighted by Gasteiger charge is -2.17. The maximum Gasteiger partial charge on any atom is 0.413 e. The van der Waals surface area contributed by atoms with E-state index in [9.17, 15) is 9.59 Å². The molecule has 0 bridgehead atoms. The second-order valence-electron chi connectivity index (χ2n) is 5.32. The highest BCUT2D eigenvalue weighted by molar-refractivity contribution is 5.93. The molecule has 0 aliphatic carbocycles. The highest BCUT2D eigenvalue weighted by atomic mass is 16.5. The van der Waals surface area contributed by atoms with Crippen molar-refractivity contribution in [1.82, 2.24) is 5.32 Å². The van der Waals surface area contributed by atoms with E-state index in [4.69, 9.17) is 0 Å². The number of quaternary nitrogens is 1. The van der Waals surface area contributed by atoms with Crippen LogP contribution in [-0.4, -0.2) is 25.2 Å². The molecule has 0 aromatic heterocycles. The van der Waals surface area contributed by atoms with Crippen LogP contribution in [0, 0.1) is 0 Å². The number of carbonyl (C=O) groups is 2. The fourth-order valence-electron chi connectivity index (χ4n) is 2.54. The quantitative estimate of drug-likeness (QED) is 0.903. The Morgan fingerprint density at radius 3 is 2.50 bits per heavy atom. The van der Waals surface area contributed by atoms with Crippen LogP contribution in [-0.2, 0) is 9.53 Å². The molecule has 22 heavy (non-hydrogen) atoms. The van der Waals surface area contributed by atoms with Crippen LogP contribution in [0.3, 0.4) is 0 Å². The Morgan fingerprint density at radius 1 is 1.09 bits per heavy atom.